The van der Waals surface area contributed by atoms with Gasteiger partial charge in [-0.15, -0.1) is 0 Å². The summed E-state index contributed by atoms with van der Waals surface area (Å²) in [6.45, 7) is 2.28. The van der Waals surface area contributed by atoms with E-state index in [4.69, 9.17) is 5.73 Å². The highest BCUT2D eigenvalue weighted by molar-refractivity contribution is 14.1. The molecule has 0 unspecified atom stereocenters. The minimum Gasteiger partial charge on any atom is -0.398 e. The van der Waals surface area contributed by atoms with Crippen LogP contribution in [0.4, 0.5) is 5.69 Å². The molecule has 0 atom stereocenters. The minimum absolute atomic E-state index is 0.966. The van der Waals surface area contributed by atoms with E-state index in [0.717, 1.165) is 12.1 Å². The summed E-state index contributed by atoms with van der Waals surface area (Å²) in [6, 6.07) is 6.42. The average Bonchev–Trinajstić information content (AvgIpc) is 2.43. The molecule has 0 amide bonds. The predicted molar refractivity (Wildman–Crippen MR) is 99.1 cm³/mol. The van der Waals surface area contributed by atoms with E-state index in [1.165, 1.54) is 73.3 Å². The number of hydrogen-bond acceptors (Lipinski definition) is 1. The van der Waals surface area contributed by atoms with Crippen molar-refractivity contribution in [3.63, 3.8) is 0 Å². The molecule has 2 heteroatoms. The first-order chi connectivity index (χ1) is 9.74. The quantitative estimate of drug-likeness (QED) is 0.268. The Balaban J connectivity index is 1.97. The van der Waals surface area contributed by atoms with Gasteiger partial charge in [0.1, 0.15) is 0 Å². The second-order valence-electron chi connectivity index (χ2n) is 5.78. The zero-order chi connectivity index (χ0) is 14.6. The first-order valence-corrected chi connectivity index (χ1v) is 9.36. The van der Waals surface area contributed by atoms with Crippen LogP contribution in [0.1, 0.15) is 76.7 Å². The zero-order valence-corrected chi connectivity index (χ0v) is 15.1. The fraction of sp³-hybridized carbons (Fsp3) is 0.667. The molecule has 0 aromatic heterocycles. The second kappa shape index (κ2) is 11.4. The molecule has 0 aliphatic carbocycles. The van der Waals surface area contributed by atoms with E-state index < -0.39 is 0 Å². The highest BCUT2D eigenvalue weighted by Gasteiger charge is 2.00. The monoisotopic (exact) mass is 387 g/mol. The molecule has 0 bridgehead atoms. The number of anilines is 1. The highest BCUT2D eigenvalue weighted by atomic mass is 127. The van der Waals surface area contributed by atoms with Crippen LogP contribution in [-0.4, -0.2) is 0 Å². The molecule has 0 saturated carbocycles. The summed E-state index contributed by atoms with van der Waals surface area (Å²) >= 11 is 2.31. The van der Waals surface area contributed by atoms with Crippen molar-refractivity contribution >= 4 is 28.3 Å². The maximum atomic E-state index is 6.04. The van der Waals surface area contributed by atoms with E-state index in [2.05, 4.69) is 47.7 Å². The molecule has 1 rings (SSSR count). The number of nitrogens with two attached hydrogens (primary N) is 1. The number of nitrogen functional groups attached to an aromatic ring is 1. The molecule has 1 nitrogen and oxygen atoms in total. The summed E-state index contributed by atoms with van der Waals surface area (Å²) in [5, 5.41) is 0. The molecular formula is C18H30IN. The molecule has 20 heavy (non-hydrogen) atoms. The zero-order valence-electron chi connectivity index (χ0n) is 13.0. The van der Waals surface area contributed by atoms with Crippen molar-refractivity contribution < 1.29 is 0 Å². The Bertz CT molecular complexity index is 362. The van der Waals surface area contributed by atoms with Crippen LogP contribution >= 0.6 is 22.6 Å². The molecule has 0 radical (unpaired) electrons. The lowest BCUT2D eigenvalue weighted by Gasteiger charge is -2.06. The van der Waals surface area contributed by atoms with Crippen molar-refractivity contribution in [2.45, 2.75) is 77.6 Å². The summed E-state index contributed by atoms with van der Waals surface area (Å²) in [7, 11) is 0. The lowest BCUT2D eigenvalue weighted by atomic mass is 10.0. The van der Waals surface area contributed by atoms with Gasteiger partial charge in [0.05, 0.1) is 0 Å². The average molecular weight is 387 g/mol. The van der Waals surface area contributed by atoms with Crippen LogP contribution in [0, 0.1) is 3.57 Å². The van der Waals surface area contributed by atoms with Gasteiger partial charge in [-0.3, -0.25) is 0 Å². The molecule has 0 aliphatic heterocycles. The first kappa shape index (κ1) is 17.8. The molecule has 1 aromatic carbocycles. The first-order valence-electron chi connectivity index (χ1n) is 8.28. The van der Waals surface area contributed by atoms with Crippen molar-refractivity contribution in [1.29, 1.82) is 0 Å². The van der Waals surface area contributed by atoms with Gasteiger partial charge in [0.15, 0.2) is 0 Å². The van der Waals surface area contributed by atoms with Gasteiger partial charge in [-0.05, 0) is 53.1 Å². The molecule has 0 fully saturated rings. The Morgan fingerprint density at radius 2 is 1.40 bits per heavy atom. The maximum absolute atomic E-state index is 6.04. The normalized spacial score (nSPS) is 10.9. The van der Waals surface area contributed by atoms with Crippen molar-refractivity contribution in [3.05, 3.63) is 27.3 Å². The van der Waals surface area contributed by atoms with E-state index in [1.54, 1.807) is 0 Å². The van der Waals surface area contributed by atoms with Crippen LogP contribution < -0.4 is 5.73 Å². The largest absolute Gasteiger partial charge is 0.398 e. The topological polar surface area (TPSA) is 26.0 Å². The van der Waals surface area contributed by atoms with Gasteiger partial charge in [-0.25, -0.2) is 0 Å². The Morgan fingerprint density at radius 1 is 0.850 bits per heavy atom. The van der Waals surface area contributed by atoms with Crippen LogP contribution in [-0.2, 0) is 6.42 Å². The standard InChI is InChI=1S/C18H30IN/c1-2-3-4-5-6-7-8-9-10-11-12-16-13-14-17(19)15-18(16)20/h13-15H,2-12,20H2,1H3. The van der Waals surface area contributed by atoms with E-state index in [1.807, 2.05) is 0 Å². The van der Waals surface area contributed by atoms with E-state index >= 15 is 0 Å². The number of halogens is 1. The summed E-state index contributed by atoms with van der Waals surface area (Å²) < 4.78 is 1.23. The van der Waals surface area contributed by atoms with E-state index in [0.29, 0.717) is 0 Å². The predicted octanol–water partition coefficient (Wildman–Crippen LogP) is 6.34. The van der Waals surface area contributed by atoms with Crippen molar-refractivity contribution in [2.75, 3.05) is 5.73 Å². The fourth-order valence-corrected chi connectivity index (χ4v) is 3.11. The van der Waals surface area contributed by atoms with E-state index in [9.17, 15) is 0 Å². The SMILES string of the molecule is CCCCCCCCCCCCc1ccc(I)cc1N. The molecule has 0 spiro atoms. The van der Waals surface area contributed by atoms with Crippen molar-refractivity contribution in [1.82, 2.24) is 0 Å². The highest BCUT2D eigenvalue weighted by Crippen LogP contribution is 2.19. The van der Waals surface area contributed by atoms with Gasteiger partial charge in [-0.2, -0.15) is 0 Å². The Morgan fingerprint density at radius 3 is 1.95 bits per heavy atom. The molecule has 0 saturated heterocycles. The third-order valence-electron chi connectivity index (χ3n) is 3.91. The third kappa shape index (κ3) is 8.13. The Labute approximate surface area is 138 Å². The lowest BCUT2D eigenvalue weighted by molar-refractivity contribution is 0.556. The number of rotatable bonds is 11. The minimum atomic E-state index is 0.966. The second-order valence-corrected chi connectivity index (χ2v) is 7.02. The van der Waals surface area contributed by atoms with Gasteiger partial charge in [0.2, 0.25) is 0 Å². The third-order valence-corrected chi connectivity index (χ3v) is 4.58. The van der Waals surface area contributed by atoms with Crippen LogP contribution in [0.25, 0.3) is 0 Å². The summed E-state index contributed by atoms with van der Waals surface area (Å²) in [4.78, 5) is 0. The van der Waals surface area contributed by atoms with Crippen LogP contribution in [0.3, 0.4) is 0 Å². The van der Waals surface area contributed by atoms with Crippen LogP contribution in [0.2, 0.25) is 0 Å². The molecule has 114 valence electrons. The van der Waals surface area contributed by atoms with Gasteiger partial charge in [0.25, 0.3) is 0 Å². The Hall–Kier alpha value is -0.250. The van der Waals surface area contributed by atoms with Crippen LogP contribution in [0.15, 0.2) is 18.2 Å². The van der Waals surface area contributed by atoms with Crippen LogP contribution in [0.5, 0.6) is 0 Å². The van der Waals surface area contributed by atoms with Crippen molar-refractivity contribution in [3.8, 4) is 0 Å². The molecule has 1 aromatic rings. The van der Waals surface area contributed by atoms with Gasteiger partial charge in [0, 0.05) is 9.26 Å². The van der Waals surface area contributed by atoms with E-state index in [-0.39, 0.29) is 0 Å². The lowest BCUT2D eigenvalue weighted by Crippen LogP contribution is -1.95. The molecule has 2 N–H and O–H groups in total. The summed E-state index contributed by atoms with van der Waals surface area (Å²) in [6.07, 6.45) is 15.1. The van der Waals surface area contributed by atoms with Crippen molar-refractivity contribution in [2.24, 2.45) is 0 Å². The summed E-state index contributed by atoms with van der Waals surface area (Å²) in [5.41, 5.74) is 8.33. The maximum Gasteiger partial charge on any atom is 0.0357 e. The molecular weight excluding hydrogens is 357 g/mol. The number of unbranched alkanes of at least 4 members (excludes halogenated alkanes) is 9. The number of benzene rings is 1. The fourth-order valence-electron chi connectivity index (χ4n) is 2.60. The van der Waals surface area contributed by atoms with Gasteiger partial charge >= 0.3 is 0 Å². The smallest absolute Gasteiger partial charge is 0.0357 e. The number of hydrogen-bond donors (Lipinski definition) is 1. The van der Waals surface area contributed by atoms with Gasteiger partial charge in [-0.1, -0.05) is 70.8 Å². The molecule has 0 aliphatic rings. The Kier molecular flexibility index (Phi) is 10.2. The van der Waals surface area contributed by atoms with Gasteiger partial charge < -0.3 is 5.73 Å². The summed E-state index contributed by atoms with van der Waals surface area (Å²) in [5.74, 6) is 0. The molecule has 0 heterocycles. The number of aryl methyl sites for hydroxylation is 1.